The largest absolute Gasteiger partial charge is 0.495 e. The highest BCUT2D eigenvalue weighted by Crippen LogP contribution is 2.28. The minimum Gasteiger partial charge on any atom is -0.495 e. The topological polar surface area (TPSA) is 24.5 Å². The van der Waals surface area contributed by atoms with Crippen LogP contribution in [0.3, 0.4) is 0 Å². The molecule has 2 atom stereocenters. The molecule has 2 heterocycles. The van der Waals surface area contributed by atoms with Crippen LogP contribution in [0.15, 0.2) is 18.2 Å². The molecule has 0 bridgehead atoms. The number of nitrogens with zero attached hydrogens (tertiary/aromatic N) is 1. The van der Waals surface area contributed by atoms with Gasteiger partial charge in [0.25, 0.3) is 0 Å². The lowest BCUT2D eigenvalue weighted by Crippen LogP contribution is -2.43. The second-order valence-corrected chi connectivity index (χ2v) is 6.01. The van der Waals surface area contributed by atoms with Crippen LogP contribution in [0.2, 0.25) is 5.02 Å². The lowest BCUT2D eigenvalue weighted by molar-refractivity contribution is 0.156. The molecule has 0 amide bonds. The van der Waals surface area contributed by atoms with E-state index in [2.05, 4.69) is 16.3 Å². The zero-order valence-electron chi connectivity index (χ0n) is 11.8. The van der Waals surface area contributed by atoms with Gasteiger partial charge in [0.05, 0.1) is 12.1 Å². The third kappa shape index (κ3) is 3.40. The number of hydrogen-bond acceptors (Lipinski definition) is 3. The van der Waals surface area contributed by atoms with E-state index in [4.69, 9.17) is 16.3 Å². The molecule has 112 valence electrons. The summed E-state index contributed by atoms with van der Waals surface area (Å²) < 4.78 is 5.19. The van der Waals surface area contributed by atoms with Crippen LogP contribution >= 0.6 is 24.0 Å². The molecular weight excluding hydrogens is 295 g/mol. The van der Waals surface area contributed by atoms with Crippen LogP contribution in [0.5, 0.6) is 5.75 Å². The van der Waals surface area contributed by atoms with E-state index >= 15 is 0 Å². The fraction of sp³-hybridized carbons (Fsp3) is 0.600. The molecule has 2 aliphatic heterocycles. The van der Waals surface area contributed by atoms with Gasteiger partial charge in [0.1, 0.15) is 5.75 Å². The molecule has 0 aromatic heterocycles. The van der Waals surface area contributed by atoms with Crippen LogP contribution in [-0.4, -0.2) is 37.7 Å². The number of benzene rings is 1. The van der Waals surface area contributed by atoms with Crippen LogP contribution in [0.25, 0.3) is 0 Å². The monoisotopic (exact) mass is 316 g/mol. The maximum absolute atomic E-state index is 6.18. The number of halogens is 2. The summed E-state index contributed by atoms with van der Waals surface area (Å²) in [5, 5.41) is 4.31. The molecule has 0 aliphatic carbocycles. The molecule has 1 aromatic rings. The Morgan fingerprint density at radius 2 is 2.25 bits per heavy atom. The zero-order valence-corrected chi connectivity index (χ0v) is 13.3. The van der Waals surface area contributed by atoms with E-state index in [9.17, 15) is 0 Å². The summed E-state index contributed by atoms with van der Waals surface area (Å²) in [6.45, 7) is 4.57. The van der Waals surface area contributed by atoms with Gasteiger partial charge in [-0.1, -0.05) is 17.7 Å². The highest BCUT2D eigenvalue weighted by molar-refractivity contribution is 6.32. The SMILES string of the molecule is COc1ccc(CN2CCC3NCCC3C2)cc1Cl.Cl. The molecule has 0 spiro atoms. The van der Waals surface area contributed by atoms with Crippen molar-refractivity contribution in [3.05, 3.63) is 28.8 Å². The van der Waals surface area contributed by atoms with Gasteiger partial charge in [-0.2, -0.15) is 0 Å². The van der Waals surface area contributed by atoms with Crippen molar-refractivity contribution in [1.82, 2.24) is 10.2 Å². The van der Waals surface area contributed by atoms with Crippen LogP contribution in [0.4, 0.5) is 0 Å². The second kappa shape index (κ2) is 6.99. The number of rotatable bonds is 3. The number of methoxy groups -OCH3 is 1. The smallest absolute Gasteiger partial charge is 0.137 e. The summed E-state index contributed by atoms with van der Waals surface area (Å²) in [6.07, 6.45) is 2.60. The molecule has 3 nitrogen and oxygen atoms in total. The number of likely N-dealkylation sites (tertiary alicyclic amines) is 1. The Morgan fingerprint density at radius 1 is 1.40 bits per heavy atom. The molecule has 0 saturated carbocycles. The van der Waals surface area contributed by atoms with Crippen LogP contribution in [0, 0.1) is 5.92 Å². The van der Waals surface area contributed by atoms with Gasteiger partial charge >= 0.3 is 0 Å². The molecule has 2 unspecified atom stereocenters. The molecule has 2 saturated heterocycles. The lowest BCUT2D eigenvalue weighted by atomic mass is 9.93. The van der Waals surface area contributed by atoms with Crippen molar-refractivity contribution in [2.45, 2.75) is 25.4 Å². The van der Waals surface area contributed by atoms with E-state index in [0.717, 1.165) is 24.3 Å². The maximum atomic E-state index is 6.18. The van der Waals surface area contributed by atoms with E-state index < -0.39 is 0 Å². The Balaban J connectivity index is 0.00000147. The first-order chi connectivity index (χ1) is 9.26. The van der Waals surface area contributed by atoms with Gasteiger partial charge in [-0.05, 0) is 49.5 Å². The van der Waals surface area contributed by atoms with Gasteiger partial charge in [-0.15, -0.1) is 12.4 Å². The summed E-state index contributed by atoms with van der Waals surface area (Å²) in [5.41, 5.74) is 1.27. The fourth-order valence-corrected chi connectivity index (χ4v) is 3.61. The molecular formula is C15H22Cl2N2O. The third-order valence-corrected chi connectivity index (χ3v) is 4.66. The summed E-state index contributed by atoms with van der Waals surface area (Å²) in [6, 6.07) is 6.86. The van der Waals surface area contributed by atoms with Gasteiger partial charge in [0.15, 0.2) is 0 Å². The third-order valence-electron chi connectivity index (χ3n) is 4.36. The van der Waals surface area contributed by atoms with Crippen molar-refractivity contribution in [2.24, 2.45) is 5.92 Å². The van der Waals surface area contributed by atoms with E-state index in [-0.39, 0.29) is 12.4 Å². The van der Waals surface area contributed by atoms with E-state index in [1.165, 1.54) is 38.0 Å². The van der Waals surface area contributed by atoms with Crippen molar-refractivity contribution in [3.8, 4) is 5.75 Å². The summed E-state index contributed by atoms with van der Waals surface area (Å²) in [5.74, 6) is 1.59. The highest BCUT2D eigenvalue weighted by atomic mass is 35.5. The van der Waals surface area contributed by atoms with Gasteiger partial charge in [-0.3, -0.25) is 4.90 Å². The van der Waals surface area contributed by atoms with Gasteiger partial charge < -0.3 is 10.1 Å². The molecule has 3 rings (SSSR count). The van der Waals surface area contributed by atoms with E-state index in [1.807, 2.05) is 12.1 Å². The normalized spacial score (nSPS) is 25.9. The summed E-state index contributed by atoms with van der Waals surface area (Å²) >= 11 is 6.18. The van der Waals surface area contributed by atoms with Crippen LogP contribution < -0.4 is 10.1 Å². The molecule has 20 heavy (non-hydrogen) atoms. The summed E-state index contributed by atoms with van der Waals surface area (Å²) in [4.78, 5) is 2.55. The van der Waals surface area contributed by atoms with E-state index in [1.54, 1.807) is 7.11 Å². The molecule has 5 heteroatoms. The number of hydrogen-bond donors (Lipinski definition) is 1. The Hall–Kier alpha value is -0.480. The Kier molecular flexibility index (Phi) is 5.56. The van der Waals surface area contributed by atoms with Crippen molar-refractivity contribution >= 4 is 24.0 Å². The number of fused-ring (bicyclic) bond motifs is 1. The van der Waals surface area contributed by atoms with Crippen LogP contribution in [-0.2, 0) is 6.54 Å². The first-order valence-corrected chi connectivity index (χ1v) is 7.42. The fourth-order valence-electron chi connectivity index (χ4n) is 3.33. The second-order valence-electron chi connectivity index (χ2n) is 5.60. The predicted octanol–water partition coefficient (Wildman–Crippen LogP) is 2.95. The first kappa shape index (κ1) is 15.9. The van der Waals surface area contributed by atoms with E-state index in [0.29, 0.717) is 5.02 Å². The minimum absolute atomic E-state index is 0. The first-order valence-electron chi connectivity index (χ1n) is 7.04. The summed E-state index contributed by atoms with van der Waals surface area (Å²) in [7, 11) is 1.65. The standard InChI is InChI=1S/C15H21ClN2O.ClH/c1-19-15-3-2-11(8-13(15)16)9-18-7-5-14-12(10-18)4-6-17-14;/h2-3,8,12,14,17H,4-7,9-10H2,1H3;1H. The van der Waals surface area contributed by atoms with Gasteiger partial charge in [0, 0.05) is 19.1 Å². The van der Waals surface area contributed by atoms with Gasteiger partial charge in [-0.25, -0.2) is 0 Å². The van der Waals surface area contributed by atoms with Crippen molar-refractivity contribution < 1.29 is 4.74 Å². The number of piperidine rings is 1. The Morgan fingerprint density at radius 3 is 3.00 bits per heavy atom. The molecule has 2 aliphatic rings. The zero-order chi connectivity index (χ0) is 13.2. The average molecular weight is 317 g/mol. The number of ether oxygens (including phenoxy) is 1. The highest BCUT2D eigenvalue weighted by Gasteiger charge is 2.32. The average Bonchev–Trinajstić information content (AvgIpc) is 2.86. The quantitative estimate of drug-likeness (QED) is 0.928. The van der Waals surface area contributed by atoms with Crippen LogP contribution in [0.1, 0.15) is 18.4 Å². The van der Waals surface area contributed by atoms with Crippen molar-refractivity contribution in [2.75, 3.05) is 26.7 Å². The van der Waals surface area contributed by atoms with Crippen molar-refractivity contribution in [1.29, 1.82) is 0 Å². The predicted molar refractivity (Wildman–Crippen MR) is 85.0 cm³/mol. The molecule has 1 N–H and O–H groups in total. The minimum atomic E-state index is 0. The Bertz CT molecular complexity index is 455. The maximum Gasteiger partial charge on any atom is 0.137 e. The van der Waals surface area contributed by atoms with Gasteiger partial charge in [0.2, 0.25) is 0 Å². The lowest BCUT2D eigenvalue weighted by Gasteiger charge is -2.34. The molecule has 2 fully saturated rings. The van der Waals surface area contributed by atoms with Crippen molar-refractivity contribution in [3.63, 3.8) is 0 Å². The number of nitrogens with one attached hydrogen (secondary N) is 1. The molecule has 1 aromatic carbocycles. The Labute approximate surface area is 132 Å². The molecule has 0 radical (unpaired) electrons.